The van der Waals surface area contributed by atoms with Crippen LogP contribution in [0, 0.1) is 26.0 Å². The van der Waals surface area contributed by atoms with Crippen LogP contribution in [-0.4, -0.2) is 19.3 Å². The van der Waals surface area contributed by atoms with E-state index in [-0.39, 0.29) is 26.5 Å². The van der Waals surface area contributed by atoms with Gasteiger partial charge in [-0.25, -0.2) is 4.98 Å². The van der Waals surface area contributed by atoms with Crippen LogP contribution in [0.3, 0.4) is 0 Å². The van der Waals surface area contributed by atoms with Crippen molar-refractivity contribution in [2.75, 3.05) is 4.90 Å². The SMILES string of the molecule is Cc1cc(C)n(-c2[c-]c(N(c3[c-]c4c(cc3)c3ccccc3n4-c3cc(C(C)(C)c4ccccc4)ccn3)c3ccccc3)ccc2)n1.[Pt+2]. The van der Waals surface area contributed by atoms with Gasteiger partial charge in [0.25, 0.3) is 0 Å². The van der Waals surface area contributed by atoms with Crippen molar-refractivity contribution in [3.63, 3.8) is 0 Å². The van der Waals surface area contributed by atoms with E-state index < -0.39 is 0 Å². The van der Waals surface area contributed by atoms with Crippen molar-refractivity contribution in [2.24, 2.45) is 0 Å². The molecule has 0 atom stereocenters. The van der Waals surface area contributed by atoms with E-state index in [0.29, 0.717) is 0 Å². The van der Waals surface area contributed by atoms with Crippen LogP contribution >= 0.6 is 0 Å². The maximum absolute atomic E-state index is 4.95. The maximum atomic E-state index is 4.95. The van der Waals surface area contributed by atoms with E-state index in [4.69, 9.17) is 10.1 Å². The topological polar surface area (TPSA) is 38.9 Å². The summed E-state index contributed by atoms with van der Waals surface area (Å²) in [6, 6.07) is 54.1. The number of hydrogen-bond donors (Lipinski definition) is 0. The third kappa shape index (κ3) is 5.79. The zero-order valence-corrected chi connectivity index (χ0v) is 30.1. The summed E-state index contributed by atoms with van der Waals surface area (Å²) >= 11 is 0. The van der Waals surface area contributed by atoms with Crippen LogP contribution in [0.15, 0.2) is 140 Å². The smallest absolute Gasteiger partial charge is 0.358 e. The van der Waals surface area contributed by atoms with Gasteiger partial charge in [0.1, 0.15) is 5.82 Å². The molecule has 8 aromatic rings. The Kier molecular flexibility index (Phi) is 8.56. The van der Waals surface area contributed by atoms with E-state index in [1.807, 2.05) is 29.9 Å². The number of anilines is 3. The summed E-state index contributed by atoms with van der Waals surface area (Å²) in [5.41, 5.74) is 10.0. The van der Waals surface area contributed by atoms with Crippen molar-refractivity contribution in [3.05, 3.63) is 174 Å². The summed E-state index contributed by atoms with van der Waals surface area (Å²) in [6.07, 6.45) is 1.93. The monoisotopic (exact) mass is 816 g/mol. The fraction of sp³-hybridized carbons (Fsp3) is 0.116. The summed E-state index contributed by atoms with van der Waals surface area (Å²) in [6.45, 7) is 8.62. The Balaban J connectivity index is 0.00000378. The molecule has 6 heteroatoms. The first-order valence-corrected chi connectivity index (χ1v) is 16.3. The normalized spacial score (nSPS) is 11.5. The van der Waals surface area contributed by atoms with E-state index in [9.17, 15) is 0 Å². The Morgan fingerprint density at radius 3 is 2.12 bits per heavy atom. The van der Waals surface area contributed by atoms with Gasteiger partial charge in [-0.15, -0.1) is 35.7 Å². The number of fused-ring (bicyclic) bond motifs is 3. The van der Waals surface area contributed by atoms with Gasteiger partial charge in [-0.2, -0.15) is 17.2 Å². The Bertz CT molecular complexity index is 2410. The number of hydrogen-bond acceptors (Lipinski definition) is 3. The number of aryl methyl sites for hydroxylation is 2. The van der Waals surface area contributed by atoms with Gasteiger partial charge in [0.2, 0.25) is 0 Å². The van der Waals surface area contributed by atoms with Crippen molar-refractivity contribution < 1.29 is 21.1 Å². The van der Waals surface area contributed by atoms with E-state index in [0.717, 1.165) is 61.8 Å². The Morgan fingerprint density at radius 1 is 0.653 bits per heavy atom. The van der Waals surface area contributed by atoms with Gasteiger partial charge in [0.05, 0.1) is 5.69 Å². The van der Waals surface area contributed by atoms with Crippen LogP contribution in [0.2, 0.25) is 0 Å². The molecule has 8 rings (SSSR count). The predicted molar refractivity (Wildman–Crippen MR) is 196 cm³/mol. The van der Waals surface area contributed by atoms with Gasteiger partial charge in [0, 0.05) is 28.5 Å². The Labute approximate surface area is 301 Å². The van der Waals surface area contributed by atoms with Gasteiger partial charge in [-0.3, -0.25) is 4.68 Å². The molecular weight excluding hydrogens is 782 g/mol. The molecule has 0 radical (unpaired) electrons. The first-order valence-electron chi connectivity index (χ1n) is 16.3. The molecule has 0 unspecified atom stereocenters. The fourth-order valence-electron chi connectivity index (χ4n) is 6.76. The fourth-order valence-corrected chi connectivity index (χ4v) is 6.76. The second-order valence-corrected chi connectivity index (χ2v) is 12.8. The molecule has 0 aliphatic carbocycles. The molecular formula is C43H35N5Pt. The molecule has 0 N–H and O–H groups in total. The third-order valence-electron chi connectivity index (χ3n) is 9.26. The van der Waals surface area contributed by atoms with Crippen LogP contribution in [0.4, 0.5) is 17.1 Å². The molecule has 3 heterocycles. The molecule has 0 bridgehead atoms. The van der Waals surface area contributed by atoms with Crippen LogP contribution in [0.5, 0.6) is 0 Å². The summed E-state index contributed by atoms with van der Waals surface area (Å²) in [7, 11) is 0. The van der Waals surface area contributed by atoms with Gasteiger partial charge in [-0.05, 0) is 72.4 Å². The van der Waals surface area contributed by atoms with Crippen molar-refractivity contribution >= 4 is 38.9 Å². The van der Waals surface area contributed by atoms with Crippen LogP contribution < -0.4 is 4.90 Å². The van der Waals surface area contributed by atoms with Gasteiger partial charge in [-0.1, -0.05) is 97.5 Å². The van der Waals surface area contributed by atoms with E-state index >= 15 is 0 Å². The van der Waals surface area contributed by atoms with Crippen molar-refractivity contribution in [1.29, 1.82) is 0 Å². The van der Waals surface area contributed by atoms with E-state index in [1.54, 1.807) is 0 Å². The second-order valence-electron chi connectivity index (χ2n) is 12.8. The minimum absolute atomic E-state index is 0. The summed E-state index contributed by atoms with van der Waals surface area (Å²) in [4.78, 5) is 7.16. The standard InChI is InChI=1S/C43H35N5.Pt/c1-30-26-31(2)48(45-30)37-19-13-18-35(28-37)46(34-16-9-6-10-17-34)36-22-23-39-38-20-11-12-21-40(38)47(41(39)29-36)42-27-33(24-25-44-42)43(3,4)32-14-7-5-8-15-32;/h5-27H,1-4H3;/q-2;+2. The molecule has 0 spiro atoms. The molecule has 3 aromatic heterocycles. The number of aromatic nitrogens is 4. The number of benzene rings is 5. The first-order chi connectivity index (χ1) is 23.4. The minimum Gasteiger partial charge on any atom is -0.358 e. The van der Waals surface area contributed by atoms with Crippen LogP contribution in [0.1, 0.15) is 36.4 Å². The molecule has 242 valence electrons. The molecule has 49 heavy (non-hydrogen) atoms. The third-order valence-corrected chi connectivity index (χ3v) is 9.26. The van der Waals surface area contributed by atoms with Gasteiger partial charge >= 0.3 is 21.1 Å². The minimum atomic E-state index is -0.205. The molecule has 0 saturated heterocycles. The molecule has 0 amide bonds. The average Bonchev–Trinajstić information content (AvgIpc) is 3.64. The molecule has 0 fully saturated rings. The summed E-state index contributed by atoms with van der Waals surface area (Å²) in [5, 5.41) is 7.01. The second kappa shape index (κ2) is 13.0. The van der Waals surface area contributed by atoms with Crippen molar-refractivity contribution in [2.45, 2.75) is 33.1 Å². The van der Waals surface area contributed by atoms with Crippen LogP contribution in [-0.2, 0) is 26.5 Å². The number of para-hydroxylation sites is 2. The maximum Gasteiger partial charge on any atom is 2.00 e. The van der Waals surface area contributed by atoms with Gasteiger partial charge < -0.3 is 9.47 Å². The zero-order chi connectivity index (χ0) is 32.8. The Hall–Kier alpha value is -5.25. The van der Waals surface area contributed by atoms with E-state index in [2.05, 4.69) is 164 Å². The van der Waals surface area contributed by atoms with Gasteiger partial charge in [0.15, 0.2) is 0 Å². The number of pyridine rings is 1. The summed E-state index contributed by atoms with van der Waals surface area (Å²) in [5.74, 6) is 0.862. The number of nitrogens with zero attached hydrogens (tertiary/aromatic N) is 5. The predicted octanol–water partition coefficient (Wildman–Crippen LogP) is 10.4. The zero-order valence-electron chi connectivity index (χ0n) is 27.8. The Morgan fingerprint density at radius 2 is 1.37 bits per heavy atom. The molecule has 5 nitrogen and oxygen atoms in total. The molecule has 5 aromatic carbocycles. The van der Waals surface area contributed by atoms with Crippen LogP contribution in [0.25, 0.3) is 33.3 Å². The quantitative estimate of drug-likeness (QED) is 0.150. The van der Waals surface area contributed by atoms with Crippen molar-refractivity contribution in [3.8, 4) is 11.5 Å². The largest absolute Gasteiger partial charge is 2.00 e. The average molecular weight is 817 g/mol. The van der Waals surface area contributed by atoms with Crippen molar-refractivity contribution in [1.82, 2.24) is 19.3 Å². The first kappa shape index (κ1) is 32.3. The van der Waals surface area contributed by atoms with E-state index in [1.165, 1.54) is 11.1 Å². The molecule has 0 aliphatic heterocycles. The molecule has 0 aliphatic rings. The summed E-state index contributed by atoms with van der Waals surface area (Å²) < 4.78 is 4.19. The number of rotatable bonds is 7. The molecule has 0 saturated carbocycles.